The summed E-state index contributed by atoms with van der Waals surface area (Å²) >= 11 is 0. The van der Waals surface area contributed by atoms with Crippen molar-refractivity contribution in [3.63, 3.8) is 0 Å². The van der Waals surface area contributed by atoms with Crippen LogP contribution in [0.2, 0.25) is 0 Å². The van der Waals surface area contributed by atoms with Gasteiger partial charge in [-0.05, 0) is 35.9 Å². The van der Waals surface area contributed by atoms with Crippen LogP contribution in [0.3, 0.4) is 0 Å². The molecular weight excluding hydrogens is 265 g/mol. The van der Waals surface area contributed by atoms with Crippen molar-refractivity contribution in [3.05, 3.63) is 59.7 Å². The molecule has 0 saturated carbocycles. The van der Waals surface area contributed by atoms with Gasteiger partial charge < -0.3 is 10.6 Å². The average Bonchev–Trinajstić information content (AvgIpc) is 2.38. The highest BCUT2D eigenvalue weighted by atomic mass is 19.4. The molecule has 0 atom stereocenters. The molecule has 2 rings (SSSR count). The molecule has 0 aromatic heterocycles. The molecule has 2 nitrogen and oxygen atoms in total. The molecule has 2 N–H and O–H groups in total. The van der Waals surface area contributed by atoms with E-state index in [1.807, 2.05) is 30.1 Å². The molecule has 0 aliphatic rings. The topological polar surface area (TPSA) is 29.3 Å². The van der Waals surface area contributed by atoms with E-state index in [2.05, 4.69) is 0 Å². The first kappa shape index (κ1) is 14.2. The third-order valence-electron chi connectivity index (χ3n) is 3.01. The molecule has 20 heavy (non-hydrogen) atoms. The van der Waals surface area contributed by atoms with Gasteiger partial charge in [-0.15, -0.1) is 0 Å². The first-order valence-electron chi connectivity index (χ1n) is 6.09. The number of hydrogen-bond donors (Lipinski definition) is 1. The van der Waals surface area contributed by atoms with Crippen molar-refractivity contribution in [2.75, 3.05) is 17.7 Å². The Morgan fingerprint density at radius 2 is 1.70 bits per heavy atom. The van der Waals surface area contributed by atoms with Crippen molar-refractivity contribution in [2.45, 2.75) is 12.7 Å². The van der Waals surface area contributed by atoms with Gasteiger partial charge in [-0.2, -0.15) is 13.2 Å². The van der Waals surface area contributed by atoms with E-state index in [-0.39, 0.29) is 0 Å². The van der Waals surface area contributed by atoms with Crippen LogP contribution < -0.4 is 10.6 Å². The molecule has 0 aliphatic heterocycles. The molecule has 0 saturated heterocycles. The third-order valence-corrected chi connectivity index (χ3v) is 3.01. The number of halogens is 3. The van der Waals surface area contributed by atoms with Gasteiger partial charge >= 0.3 is 6.18 Å². The molecule has 0 fully saturated rings. The molecule has 2 aromatic rings. The maximum atomic E-state index is 12.5. The summed E-state index contributed by atoms with van der Waals surface area (Å²) < 4.78 is 37.4. The summed E-state index contributed by atoms with van der Waals surface area (Å²) in [4.78, 5) is 1.93. The predicted molar refractivity (Wildman–Crippen MR) is 74.4 cm³/mol. The Labute approximate surface area is 115 Å². The number of nitrogens with zero attached hydrogens (tertiary/aromatic N) is 1. The van der Waals surface area contributed by atoms with Crippen LogP contribution in [0.15, 0.2) is 48.5 Å². The molecular formula is C15H15F3N2. The molecule has 0 radical (unpaired) electrons. The van der Waals surface area contributed by atoms with E-state index in [1.54, 1.807) is 6.07 Å². The maximum absolute atomic E-state index is 12.5. The minimum absolute atomic E-state index is 0.515. The lowest BCUT2D eigenvalue weighted by Crippen LogP contribution is -2.16. The zero-order chi connectivity index (χ0) is 14.8. The van der Waals surface area contributed by atoms with Crippen molar-refractivity contribution < 1.29 is 13.2 Å². The molecule has 0 heterocycles. The maximum Gasteiger partial charge on any atom is 0.416 e. The number of rotatable bonds is 3. The second-order valence-corrected chi connectivity index (χ2v) is 4.65. The van der Waals surface area contributed by atoms with Crippen molar-refractivity contribution >= 4 is 11.4 Å². The molecule has 0 spiro atoms. The lowest BCUT2D eigenvalue weighted by Gasteiger charge is -2.20. The molecule has 106 valence electrons. The molecule has 0 bridgehead atoms. The highest BCUT2D eigenvalue weighted by Gasteiger charge is 2.29. The van der Waals surface area contributed by atoms with Crippen LogP contribution in [0.5, 0.6) is 0 Å². The highest BCUT2D eigenvalue weighted by molar-refractivity contribution is 5.55. The Hall–Kier alpha value is -2.17. The molecule has 0 aliphatic carbocycles. The number of hydrogen-bond acceptors (Lipinski definition) is 2. The Morgan fingerprint density at radius 3 is 2.25 bits per heavy atom. The average molecular weight is 280 g/mol. The standard InChI is InChI=1S/C15H15F3N2/c1-20(14-4-2-3-13(19)9-14)10-11-5-7-12(8-6-11)15(16,17)18/h2-9H,10,19H2,1H3. The second kappa shape index (κ2) is 5.45. The zero-order valence-corrected chi connectivity index (χ0v) is 11.0. The first-order valence-corrected chi connectivity index (χ1v) is 6.09. The van der Waals surface area contributed by atoms with Gasteiger partial charge in [0.25, 0.3) is 0 Å². The fourth-order valence-electron chi connectivity index (χ4n) is 1.93. The van der Waals surface area contributed by atoms with E-state index < -0.39 is 11.7 Å². The van der Waals surface area contributed by atoms with Crippen LogP contribution in [-0.2, 0) is 12.7 Å². The Kier molecular flexibility index (Phi) is 3.88. The zero-order valence-electron chi connectivity index (χ0n) is 11.0. The van der Waals surface area contributed by atoms with Crippen LogP contribution in [0, 0.1) is 0 Å². The smallest absolute Gasteiger partial charge is 0.399 e. The van der Waals surface area contributed by atoms with Gasteiger partial charge in [0.15, 0.2) is 0 Å². The molecule has 5 heteroatoms. The minimum atomic E-state index is -4.29. The highest BCUT2D eigenvalue weighted by Crippen LogP contribution is 2.29. The third kappa shape index (κ3) is 3.44. The summed E-state index contributed by atoms with van der Waals surface area (Å²) in [6, 6.07) is 12.5. The number of nitrogen functional groups attached to an aromatic ring is 1. The molecule has 0 amide bonds. The summed E-state index contributed by atoms with van der Waals surface area (Å²) in [5.74, 6) is 0. The lowest BCUT2D eigenvalue weighted by molar-refractivity contribution is -0.137. The van der Waals surface area contributed by atoms with E-state index in [9.17, 15) is 13.2 Å². The van der Waals surface area contributed by atoms with Crippen LogP contribution in [0.1, 0.15) is 11.1 Å². The fourth-order valence-corrected chi connectivity index (χ4v) is 1.93. The summed E-state index contributed by atoms with van der Waals surface area (Å²) in [7, 11) is 1.87. The van der Waals surface area contributed by atoms with E-state index in [0.29, 0.717) is 12.2 Å². The van der Waals surface area contributed by atoms with Crippen molar-refractivity contribution in [3.8, 4) is 0 Å². The first-order chi connectivity index (χ1) is 9.36. The van der Waals surface area contributed by atoms with Crippen molar-refractivity contribution in [1.29, 1.82) is 0 Å². The monoisotopic (exact) mass is 280 g/mol. The van der Waals surface area contributed by atoms with Gasteiger partial charge in [0.1, 0.15) is 0 Å². The van der Waals surface area contributed by atoms with E-state index in [1.165, 1.54) is 12.1 Å². The van der Waals surface area contributed by atoms with Gasteiger partial charge in [-0.25, -0.2) is 0 Å². The predicted octanol–water partition coefficient (Wildman–Crippen LogP) is 3.92. The molecule has 2 aromatic carbocycles. The number of benzene rings is 2. The van der Waals surface area contributed by atoms with Gasteiger partial charge in [0.2, 0.25) is 0 Å². The number of alkyl halides is 3. The van der Waals surface area contributed by atoms with Crippen LogP contribution in [-0.4, -0.2) is 7.05 Å². The Morgan fingerprint density at radius 1 is 1.05 bits per heavy atom. The van der Waals surface area contributed by atoms with E-state index >= 15 is 0 Å². The largest absolute Gasteiger partial charge is 0.416 e. The quantitative estimate of drug-likeness (QED) is 0.863. The van der Waals surface area contributed by atoms with Gasteiger partial charge in [-0.1, -0.05) is 18.2 Å². The summed E-state index contributed by atoms with van der Waals surface area (Å²) in [6.07, 6.45) is -4.29. The number of anilines is 2. The summed E-state index contributed by atoms with van der Waals surface area (Å²) in [5, 5.41) is 0. The SMILES string of the molecule is CN(Cc1ccc(C(F)(F)F)cc1)c1cccc(N)c1. The van der Waals surface area contributed by atoms with Gasteiger partial charge in [0.05, 0.1) is 5.56 Å². The van der Waals surface area contributed by atoms with Crippen LogP contribution in [0.4, 0.5) is 24.5 Å². The normalized spacial score (nSPS) is 11.4. The van der Waals surface area contributed by atoms with E-state index in [0.717, 1.165) is 23.4 Å². The van der Waals surface area contributed by atoms with Crippen molar-refractivity contribution in [1.82, 2.24) is 0 Å². The van der Waals surface area contributed by atoms with Crippen molar-refractivity contribution in [2.24, 2.45) is 0 Å². The van der Waals surface area contributed by atoms with Gasteiger partial charge in [-0.3, -0.25) is 0 Å². The Balaban J connectivity index is 2.10. The van der Waals surface area contributed by atoms with E-state index in [4.69, 9.17) is 5.73 Å². The molecule has 0 unspecified atom stereocenters. The van der Waals surface area contributed by atoms with Crippen LogP contribution in [0.25, 0.3) is 0 Å². The lowest BCUT2D eigenvalue weighted by atomic mass is 10.1. The van der Waals surface area contributed by atoms with Gasteiger partial charge in [0, 0.05) is 25.0 Å². The summed E-state index contributed by atoms with van der Waals surface area (Å²) in [6.45, 7) is 0.515. The van der Waals surface area contributed by atoms with Crippen LogP contribution >= 0.6 is 0 Å². The fraction of sp³-hybridized carbons (Fsp3) is 0.200. The summed E-state index contributed by atoms with van der Waals surface area (Å²) in [5.41, 5.74) is 7.46. The Bertz CT molecular complexity index is 576. The minimum Gasteiger partial charge on any atom is -0.399 e. The second-order valence-electron chi connectivity index (χ2n) is 4.65. The number of nitrogens with two attached hydrogens (primary N) is 1.